The van der Waals surface area contributed by atoms with Crippen molar-refractivity contribution < 1.29 is 4.52 Å². The molecule has 3 heteroatoms. The van der Waals surface area contributed by atoms with Crippen LogP contribution in [-0.4, -0.2) is 10.1 Å². The Hall–Kier alpha value is -2.42. The molecule has 0 amide bonds. The van der Waals surface area contributed by atoms with E-state index < -0.39 is 0 Å². The van der Waals surface area contributed by atoms with Crippen LogP contribution in [0, 0.1) is 20.8 Å². The summed E-state index contributed by atoms with van der Waals surface area (Å²) in [4.78, 5) is 4.49. The average Bonchev–Trinajstić information content (AvgIpc) is 2.89. The lowest BCUT2D eigenvalue weighted by molar-refractivity contribution is 0.432. The molecule has 0 radical (unpaired) electrons. The Morgan fingerprint density at radius 3 is 2.25 bits per heavy atom. The van der Waals surface area contributed by atoms with Crippen molar-refractivity contribution in [3.63, 3.8) is 0 Å². The van der Waals surface area contributed by atoms with Crippen LogP contribution in [0.3, 0.4) is 0 Å². The summed E-state index contributed by atoms with van der Waals surface area (Å²) in [6.07, 6.45) is 0. The summed E-state index contributed by atoms with van der Waals surface area (Å²) in [5.74, 6) is 1.19. The molecule has 2 aromatic carbocycles. The van der Waals surface area contributed by atoms with Crippen LogP contribution >= 0.6 is 0 Å². The normalized spacial score (nSPS) is 10.8. The van der Waals surface area contributed by atoms with E-state index in [-0.39, 0.29) is 0 Å². The summed E-state index contributed by atoms with van der Waals surface area (Å²) >= 11 is 0. The van der Waals surface area contributed by atoms with Crippen LogP contribution in [-0.2, 0) is 0 Å². The predicted octanol–water partition coefficient (Wildman–Crippen LogP) is 4.33. The largest absolute Gasteiger partial charge is 0.334 e. The zero-order chi connectivity index (χ0) is 14.1. The molecule has 1 aromatic heterocycles. The van der Waals surface area contributed by atoms with E-state index in [2.05, 4.69) is 43.0 Å². The molecule has 1 heterocycles. The summed E-state index contributed by atoms with van der Waals surface area (Å²) in [7, 11) is 0. The van der Waals surface area contributed by atoms with Crippen LogP contribution < -0.4 is 0 Å². The maximum absolute atomic E-state index is 5.39. The zero-order valence-corrected chi connectivity index (χ0v) is 11.8. The molecule has 0 saturated heterocycles. The molecule has 0 aliphatic carbocycles. The summed E-state index contributed by atoms with van der Waals surface area (Å²) in [5, 5.41) is 4.07. The maximum atomic E-state index is 5.39. The molecule has 0 spiro atoms. The van der Waals surface area contributed by atoms with Gasteiger partial charge in [-0.15, -0.1) is 0 Å². The fourth-order valence-corrected chi connectivity index (χ4v) is 2.21. The minimum absolute atomic E-state index is 0.568. The van der Waals surface area contributed by atoms with Gasteiger partial charge in [-0.05, 0) is 32.4 Å². The molecule has 3 aromatic rings. The first-order chi connectivity index (χ1) is 9.63. The molecule has 0 aliphatic heterocycles. The van der Waals surface area contributed by atoms with Crippen molar-refractivity contribution in [3.05, 3.63) is 59.2 Å². The van der Waals surface area contributed by atoms with Crippen LogP contribution in [0.15, 0.2) is 47.0 Å². The van der Waals surface area contributed by atoms with Crippen LogP contribution in [0.4, 0.5) is 0 Å². The SMILES string of the molecule is Cc1ccc(-c2noc(-c3ccc(C)cc3C)n2)cc1. The molecule has 0 N–H and O–H groups in total. The van der Waals surface area contributed by atoms with E-state index in [0.29, 0.717) is 11.7 Å². The summed E-state index contributed by atoms with van der Waals surface area (Å²) < 4.78 is 5.39. The van der Waals surface area contributed by atoms with E-state index in [0.717, 1.165) is 16.7 Å². The minimum Gasteiger partial charge on any atom is -0.334 e. The Kier molecular flexibility index (Phi) is 3.11. The minimum atomic E-state index is 0.568. The Labute approximate surface area is 118 Å². The monoisotopic (exact) mass is 264 g/mol. The van der Waals surface area contributed by atoms with Gasteiger partial charge in [0.15, 0.2) is 0 Å². The van der Waals surface area contributed by atoms with E-state index >= 15 is 0 Å². The van der Waals surface area contributed by atoms with Gasteiger partial charge in [0.2, 0.25) is 5.82 Å². The first-order valence-electron chi connectivity index (χ1n) is 6.62. The number of hydrogen-bond acceptors (Lipinski definition) is 3. The van der Waals surface area contributed by atoms with Crippen molar-refractivity contribution in [1.82, 2.24) is 10.1 Å². The second-order valence-corrected chi connectivity index (χ2v) is 5.11. The van der Waals surface area contributed by atoms with Crippen molar-refractivity contribution in [2.75, 3.05) is 0 Å². The lowest BCUT2D eigenvalue weighted by atomic mass is 10.1. The Morgan fingerprint density at radius 2 is 1.55 bits per heavy atom. The average molecular weight is 264 g/mol. The number of hydrogen-bond donors (Lipinski definition) is 0. The van der Waals surface area contributed by atoms with Gasteiger partial charge < -0.3 is 4.52 Å². The summed E-state index contributed by atoms with van der Waals surface area (Å²) in [5.41, 5.74) is 5.54. The van der Waals surface area contributed by atoms with E-state index in [4.69, 9.17) is 4.52 Å². The van der Waals surface area contributed by atoms with Crippen molar-refractivity contribution in [3.8, 4) is 22.8 Å². The number of nitrogens with zero attached hydrogens (tertiary/aromatic N) is 2. The lowest BCUT2D eigenvalue weighted by Crippen LogP contribution is -1.85. The molecule has 0 aliphatic rings. The van der Waals surface area contributed by atoms with Gasteiger partial charge >= 0.3 is 0 Å². The zero-order valence-electron chi connectivity index (χ0n) is 11.8. The highest BCUT2D eigenvalue weighted by molar-refractivity contribution is 5.62. The lowest BCUT2D eigenvalue weighted by Gasteiger charge is -2.01. The molecule has 0 saturated carbocycles. The van der Waals surface area contributed by atoms with E-state index in [9.17, 15) is 0 Å². The molecule has 20 heavy (non-hydrogen) atoms. The van der Waals surface area contributed by atoms with Gasteiger partial charge in [0, 0.05) is 11.1 Å². The molecular weight excluding hydrogens is 248 g/mol. The van der Waals surface area contributed by atoms with Crippen LogP contribution in [0.2, 0.25) is 0 Å². The molecule has 3 rings (SSSR count). The maximum Gasteiger partial charge on any atom is 0.258 e. The third-order valence-corrected chi connectivity index (χ3v) is 3.35. The fourth-order valence-electron chi connectivity index (χ4n) is 2.21. The molecule has 0 unspecified atom stereocenters. The third-order valence-electron chi connectivity index (χ3n) is 3.35. The second kappa shape index (κ2) is 4.93. The van der Waals surface area contributed by atoms with Gasteiger partial charge in [0.05, 0.1) is 0 Å². The first kappa shape index (κ1) is 12.6. The van der Waals surface area contributed by atoms with Crippen LogP contribution in [0.5, 0.6) is 0 Å². The molecular formula is C17H16N2O. The van der Waals surface area contributed by atoms with Crippen molar-refractivity contribution in [2.45, 2.75) is 20.8 Å². The van der Waals surface area contributed by atoms with Gasteiger partial charge in [0.1, 0.15) is 0 Å². The number of aromatic nitrogens is 2. The number of benzene rings is 2. The van der Waals surface area contributed by atoms with E-state index in [1.54, 1.807) is 0 Å². The topological polar surface area (TPSA) is 38.9 Å². The molecule has 0 atom stereocenters. The smallest absolute Gasteiger partial charge is 0.258 e. The second-order valence-electron chi connectivity index (χ2n) is 5.11. The van der Waals surface area contributed by atoms with E-state index in [1.807, 2.05) is 30.3 Å². The van der Waals surface area contributed by atoms with Gasteiger partial charge in [-0.3, -0.25) is 0 Å². The third kappa shape index (κ3) is 2.35. The Bertz CT molecular complexity index is 742. The van der Waals surface area contributed by atoms with Gasteiger partial charge in [-0.1, -0.05) is 52.7 Å². The van der Waals surface area contributed by atoms with Gasteiger partial charge in [-0.2, -0.15) is 4.98 Å². The van der Waals surface area contributed by atoms with Crippen molar-refractivity contribution >= 4 is 0 Å². The molecule has 100 valence electrons. The quantitative estimate of drug-likeness (QED) is 0.691. The van der Waals surface area contributed by atoms with Gasteiger partial charge in [0.25, 0.3) is 5.89 Å². The Balaban J connectivity index is 1.99. The highest BCUT2D eigenvalue weighted by Crippen LogP contribution is 2.25. The standard InChI is InChI=1S/C17H16N2O/c1-11-4-7-14(8-5-11)16-18-17(20-19-16)15-9-6-12(2)10-13(15)3/h4-10H,1-3H3. The van der Waals surface area contributed by atoms with Crippen LogP contribution in [0.25, 0.3) is 22.8 Å². The van der Waals surface area contributed by atoms with Crippen molar-refractivity contribution in [1.29, 1.82) is 0 Å². The fraction of sp³-hybridized carbons (Fsp3) is 0.176. The van der Waals surface area contributed by atoms with Crippen molar-refractivity contribution in [2.24, 2.45) is 0 Å². The van der Waals surface area contributed by atoms with E-state index in [1.165, 1.54) is 11.1 Å². The highest BCUT2D eigenvalue weighted by atomic mass is 16.5. The first-order valence-corrected chi connectivity index (χ1v) is 6.62. The Morgan fingerprint density at radius 1 is 0.850 bits per heavy atom. The molecule has 0 bridgehead atoms. The summed E-state index contributed by atoms with van der Waals surface area (Å²) in [6.45, 7) is 6.18. The van der Waals surface area contributed by atoms with Crippen LogP contribution in [0.1, 0.15) is 16.7 Å². The molecule has 3 nitrogen and oxygen atoms in total. The van der Waals surface area contributed by atoms with Gasteiger partial charge in [-0.25, -0.2) is 0 Å². The number of rotatable bonds is 2. The highest BCUT2D eigenvalue weighted by Gasteiger charge is 2.12. The number of aryl methyl sites for hydroxylation is 3. The predicted molar refractivity (Wildman–Crippen MR) is 79.4 cm³/mol. The summed E-state index contributed by atoms with van der Waals surface area (Å²) in [6, 6.07) is 14.3. The molecule has 0 fully saturated rings.